The number of fused-ring (bicyclic) bond motifs is 1. The van der Waals surface area contributed by atoms with Gasteiger partial charge in [0, 0.05) is 6.07 Å². The Balaban J connectivity index is 2.15. The van der Waals surface area contributed by atoms with Crippen molar-refractivity contribution in [3.05, 3.63) is 17.7 Å². The first kappa shape index (κ1) is 11.3. The molecule has 0 bridgehead atoms. The van der Waals surface area contributed by atoms with Gasteiger partial charge >= 0.3 is 5.97 Å². The van der Waals surface area contributed by atoms with E-state index in [1.54, 1.807) is 0 Å². The topological polar surface area (TPSA) is 82.1 Å². The minimum absolute atomic E-state index is 0.00415. The van der Waals surface area contributed by atoms with Crippen LogP contribution in [-0.2, 0) is 4.79 Å². The van der Waals surface area contributed by atoms with Crippen molar-refractivity contribution in [2.24, 2.45) is 0 Å². The molecule has 1 N–H and O–H groups in total. The molecule has 0 aliphatic carbocycles. The van der Waals surface area contributed by atoms with Crippen LogP contribution in [0.5, 0.6) is 17.2 Å². The molecule has 0 amide bonds. The molecule has 0 spiro atoms. The summed E-state index contributed by atoms with van der Waals surface area (Å²) < 4.78 is 15.5. The third-order valence-electron chi connectivity index (χ3n) is 2.21. The molecule has 6 nitrogen and oxygen atoms in total. The smallest absolute Gasteiger partial charge is 0.306 e. The van der Waals surface area contributed by atoms with E-state index in [-0.39, 0.29) is 19.8 Å². The van der Waals surface area contributed by atoms with Gasteiger partial charge in [-0.2, -0.15) is 0 Å². The Kier molecular flexibility index (Phi) is 3.13. The maximum Gasteiger partial charge on any atom is 0.306 e. The quantitative estimate of drug-likeness (QED) is 0.773. The summed E-state index contributed by atoms with van der Waals surface area (Å²) in [5.41, 5.74) is 0.305. The summed E-state index contributed by atoms with van der Waals surface area (Å²) in [5.74, 6) is 0.308. The fourth-order valence-corrected chi connectivity index (χ4v) is 1.40. The fraction of sp³-hybridized carbons (Fsp3) is 0.273. The van der Waals surface area contributed by atoms with E-state index in [2.05, 4.69) is 0 Å². The zero-order chi connectivity index (χ0) is 12.3. The minimum atomic E-state index is -0.960. The Morgan fingerprint density at radius 3 is 2.76 bits per heavy atom. The maximum atomic E-state index is 10.8. The first-order valence-corrected chi connectivity index (χ1v) is 4.94. The summed E-state index contributed by atoms with van der Waals surface area (Å²) in [6, 6.07) is 3.03. The standard InChI is InChI=1S/C11H10O6/c12-5-7-3-9-10(17-6-16-9)4-8(7)15-2-1-11(13)14/h3-5H,1-2,6H2,(H,13,14). The molecule has 1 aliphatic rings. The van der Waals surface area contributed by atoms with Crippen molar-refractivity contribution >= 4 is 12.3 Å². The van der Waals surface area contributed by atoms with E-state index in [0.29, 0.717) is 29.1 Å². The lowest BCUT2D eigenvalue weighted by Gasteiger charge is -2.08. The summed E-state index contributed by atoms with van der Waals surface area (Å²) in [7, 11) is 0. The van der Waals surface area contributed by atoms with E-state index in [1.807, 2.05) is 0 Å². The number of carbonyl (C=O) groups is 2. The molecule has 0 fully saturated rings. The van der Waals surface area contributed by atoms with Gasteiger partial charge in [0.1, 0.15) is 5.75 Å². The van der Waals surface area contributed by atoms with Gasteiger partial charge in [-0.3, -0.25) is 9.59 Å². The van der Waals surface area contributed by atoms with E-state index in [4.69, 9.17) is 19.3 Å². The van der Waals surface area contributed by atoms with Crippen molar-refractivity contribution < 1.29 is 28.9 Å². The average molecular weight is 238 g/mol. The number of aliphatic carboxylic acids is 1. The predicted octanol–water partition coefficient (Wildman–Crippen LogP) is 1.08. The van der Waals surface area contributed by atoms with Crippen LogP contribution in [0.1, 0.15) is 16.8 Å². The summed E-state index contributed by atoms with van der Waals surface area (Å²) >= 11 is 0. The molecule has 1 heterocycles. The van der Waals surface area contributed by atoms with Crippen LogP contribution < -0.4 is 14.2 Å². The molecule has 90 valence electrons. The van der Waals surface area contributed by atoms with Crippen molar-refractivity contribution in [3.8, 4) is 17.2 Å². The van der Waals surface area contributed by atoms with Crippen LogP contribution in [0.15, 0.2) is 12.1 Å². The van der Waals surface area contributed by atoms with Crippen LogP contribution in [0.25, 0.3) is 0 Å². The van der Waals surface area contributed by atoms with Gasteiger partial charge < -0.3 is 19.3 Å². The first-order valence-electron chi connectivity index (χ1n) is 4.94. The van der Waals surface area contributed by atoms with E-state index >= 15 is 0 Å². The number of hydrogen-bond donors (Lipinski definition) is 1. The highest BCUT2D eigenvalue weighted by molar-refractivity contribution is 5.81. The van der Waals surface area contributed by atoms with Crippen molar-refractivity contribution in [2.75, 3.05) is 13.4 Å². The van der Waals surface area contributed by atoms with Gasteiger partial charge in [0.2, 0.25) is 6.79 Å². The molecule has 17 heavy (non-hydrogen) atoms. The number of carboxylic acids is 1. The largest absolute Gasteiger partial charge is 0.492 e. The molecule has 6 heteroatoms. The van der Waals surface area contributed by atoms with Gasteiger partial charge in [-0.1, -0.05) is 0 Å². The van der Waals surface area contributed by atoms with Crippen molar-refractivity contribution in [1.82, 2.24) is 0 Å². The molecule has 1 aliphatic heterocycles. The van der Waals surface area contributed by atoms with E-state index < -0.39 is 5.97 Å². The van der Waals surface area contributed by atoms with Gasteiger partial charge in [-0.05, 0) is 6.07 Å². The highest BCUT2D eigenvalue weighted by atomic mass is 16.7. The molecule has 0 aromatic heterocycles. The second kappa shape index (κ2) is 4.73. The molecular formula is C11H10O6. The number of carboxylic acid groups (broad SMARTS) is 1. The predicted molar refractivity (Wildman–Crippen MR) is 55.7 cm³/mol. The zero-order valence-corrected chi connectivity index (χ0v) is 8.84. The molecule has 0 atom stereocenters. The van der Waals surface area contributed by atoms with Gasteiger partial charge in [0.15, 0.2) is 17.8 Å². The average Bonchev–Trinajstić information content (AvgIpc) is 2.74. The SMILES string of the molecule is O=Cc1cc2c(cc1OCCC(=O)O)OCO2. The lowest BCUT2D eigenvalue weighted by molar-refractivity contribution is -0.137. The van der Waals surface area contributed by atoms with E-state index in [0.717, 1.165) is 0 Å². The van der Waals surface area contributed by atoms with Crippen molar-refractivity contribution in [3.63, 3.8) is 0 Å². The Morgan fingerprint density at radius 2 is 2.12 bits per heavy atom. The van der Waals surface area contributed by atoms with Crippen LogP contribution in [0.3, 0.4) is 0 Å². The lowest BCUT2D eigenvalue weighted by Crippen LogP contribution is -2.06. The van der Waals surface area contributed by atoms with Gasteiger partial charge in [0.25, 0.3) is 0 Å². The van der Waals surface area contributed by atoms with Gasteiger partial charge in [-0.25, -0.2) is 0 Å². The van der Waals surface area contributed by atoms with Gasteiger partial charge in [-0.15, -0.1) is 0 Å². The van der Waals surface area contributed by atoms with Crippen LogP contribution >= 0.6 is 0 Å². The second-order valence-corrected chi connectivity index (χ2v) is 3.35. The molecule has 0 saturated carbocycles. The van der Waals surface area contributed by atoms with Crippen LogP contribution in [0.4, 0.5) is 0 Å². The Hall–Kier alpha value is -2.24. The Bertz CT molecular complexity index is 454. The minimum Gasteiger partial charge on any atom is -0.492 e. The van der Waals surface area contributed by atoms with E-state index in [9.17, 15) is 9.59 Å². The van der Waals surface area contributed by atoms with Gasteiger partial charge in [0.05, 0.1) is 18.6 Å². The monoisotopic (exact) mass is 238 g/mol. The second-order valence-electron chi connectivity index (χ2n) is 3.35. The summed E-state index contributed by atoms with van der Waals surface area (Å²) in [4.78, 5) is 21.2. The molecular weight excluding hydrogens is 228 g/mol. The summed E-state index contributed by atoms with van der Waals surface area (Å²) in [5, 5.41) is 8.48. The van der Waals surface area contributed by atoms with E-state index in [1.165, 1.54) is 12.1 Å². The maximum absolute atomic E-state index is 10.8. The number of rotatable bonds is 5. The highest BCUT2D eigenvalue weighted by Gasteiger charge is 2.17. The normalized spacial score (nSPS) is 12.2. The number of carbonyl (C=O) groups excluding carboxylic acids is 1. The van der Waals surface area contributed by atoms with Crippen molar-refractivity contribution in [2.45, 2.75) is 6.42 Å². The van der Waals surface area contributed by atoms with Crippen molar-refractivity contribution in [1.29, 1.82) is 0 Å². The molecule has 0 saturated heterocycles. The lowest BCUT2D eigenvalue weighted by atomic mass is 10.2. The molecule has 0 radical (unpaired) electrons. The third-order valence-corrected chi connectivity index (χ3v) is 2.21. The Labute approximate surface area is 96.7 Å². The third kappa shape index (κ3) is 2.47. The number of benzene rings is 1. The van der Waals surface area contributed by atoms with Crippen LogP contribution in [-0.4, -0.2) is 30.8 Å². The highest BCUT2D eigenvalue weighted by Crippen LogP contribution is 2.37. The van der Waals surface area contributed by atoms with Crippen LogP contribution in [0, 0.1) is 0 Å². The summed E-state index contributed by atoms with van der Waals surface area (Å²) in [6.45, 7) is 0.0992. The Morgan fingerprint density at radius 1 is 1.41 bits per heavy atom. The molecule has 2 rings (SSSR count). The molecule has 0 unspecified atom stereocenters. The first-order chi connectivity index (χ1) is 8.20. The molecule has 1 aromatic rings. The summed E-state index contributed by atoms with van der Waals surface area (Å²) in [6.07, 6.45) is 0.491. The zero-order valence-electron chi connectivity index (χ0n) is 8.84. The molecule has 1 aromatic carbocycles. The van der Waals surface area contributed by atoms with Crippen LogP contribution in [0.2, 0.25) is 0 Å². The fourth-order valence-electron chi connectivity index (χ4n) is 1.40. The number of aldehydes is 1. The number of ether oxygens (including phenoxy) is 3. The number of hydrogen-bond acceptors (Lipinski definition) is 5.